The Bertz CT molecular complexity index is 1430. The van der Waals surface area contributed by atoms with E-state index in [4.69, 9.17) is 20.8 Å². The van der Waals surface area contributed by atoms with Crippen LogP contribution in [0.25, 0.3) is 0 Å². The second-order valence-corrected chi connectivity index (χ2v) is 9.93. The Labute approximate surface area is 236 Å². The molecule has 0 atom stereocenters. The largest absolute Gasteiger partial charge is 0.460 e. The van der Waals surface area contributed by atoms with Gasteiger partial charge in [-0.3, -0.25) is 4.79 Å². The van der Waals surface area contributed by atoms with Gasteiger partial charge in [-0.25, -0.2) is 5.43 Å². The van der Waals surface area contributed by atoms with Crippen LogP contribution in [-0.4, -0.2) is 32.6 Å². The van der Waals surface area contributed by atoms with E-state index in [0.29, 0.717) is 35.0 Å². The molecular weight excluding hydrogens is 536 g/mol. The van der Waals surface area contributed by atoms with Gasteiger partial charge in [0.1, 0.15) is 6.61 Å². The molecule has 0 radical (unpaired) electrons. The van der Waals surface area contributed by atoms with E-state index in [0.717, 1.165) is 22.6 Å². The molecule has 0 unspecified atom stereocenters. The first-order valence-electron chi connectivity index (χ1n) is 12.2. The number of aryl methyl sites for hydroxylation is 2. The zero-order valence-corrected chi connectivity index (χ0v) is 23.3. The first-order valence-corrected chi connectivity index (χ1v) is 13.5. The summed E-state index contributed by atoms with van der Waals surface area (Å²) in [5, 5.41) is 17.1. The molecule has 0 spiro atoms. The number of amides is 1. The second-order valence-electron chi connectivity index (χ2n) is 8.58. The number of ether oxygens (including phenoxy) is 1. The number of furan rings is 1. The molecule has 9 nitrogen and oxygen atoms in total. The van der Waals surface area contributed by atoms with Crippen molar-refractivity contribution in [2.75, 3.05) is 11.1 Å². The molecule has 4 aromatic rings. The maximum absolute atomic E-state index is 12.3. The number of thioether (sulfide) groups is 1. The lowest BCUT2D eigenvalue weighted by atomic mass is 10.1. The van der Waals surface area contributed by atoms with Gasteiger partial charge in [0.15, 0.2) is 16.7 Å². The van der Waals surface area contributed by atoms with Crippen molar-refractivity contribution >= 4 is 41.2 Å². The molecule has 202 valence electrons. The van der Waals surface area contributed by atoms with Gasteiger partial charge in [0.25, 0.3) is 11.9 Å². The molecule has 0 saturated carbocycles. The summed E-state index contributed by atoms with van der Waals surface area (Å²) in [6, 6.07) is 17.2. The molecule has 0 aliphatic carbocycles. The zero-order chi connectivity index (χ0) is 27.6. The molecule has 2 heterocycles. The van der Waals surface area contributed by atoms with Crippen LogP contribution in [0, 0.1) is 13.8 Å². The minimum atomic E-state index is -0.291. The monoisotopic (exact) mass is 564 g/mol. The molecular formula is C28H29ClN6O3S. The fourth-order valence-electron chi connectivity index (χ4n) is 3.53. The lowest BCUT2D eigenvalue weighted by Gasteiger charge is -2.09. The van der Waals surface area contributed by atoms with Gasteiger partial charge in [0.05, 0.1) is 18.5 Å². The van der Waals surface area contributed by atoms with E-state index in [9.17, 15) is 4.79 Å². The summed E-state index contributed by atoms with van der Waals surface area (Å²) in [6.45, 7) is 9.14. The second kappa shape index (κ2) is 13.7. The summed E-state index contributed by atoms with van der Waals surface area (Å²) in [5.74, 6) is 1.33. The van der Waals surface area contributed by atoms with E-state index < -0.39 is 0 Å². The van der Waals surface area contributed by atoms with Crippen LogP contribution in [0.3, 0.4) is 0 Å². The first-order chi connectivity index (χ1) is 18.9. The Morgan fingerprint density at radius 3 is 2.77 bits per heavy atom. The van der Waals surface area contributed by atoms with Crippen LogP contribution >= 0.6 is 23.4 Å². The minimum absolute atomic E-state index is 0.113. The third-order valence-electron chi connectivity index (χ3n) is 5.63. The molecule has 0 fully saturated rings. The van der Waals surface area contributed by atoms with Crippen LogP contribution < -0.4 is 15.5 Å². The molecule has 1 amide bonds. The molecule has 2 N–H and O–H groups in total. The van der Waals surface area contributed by atoms with Gasteiger partial charge >= 0.3 is 0 Å². The number of hydrazone groups is 1. The number of allylic oxidation sites excluding steroid dienone is 1. The number of hydrogen-bond acceptors (Lipinski definition) is 8. The number of hydrogen-bond donors (Lipinski definition) is 2. The minimum Gasteiger partial charge on any atom is -0.460 e. The van der Waals surface area contributed by atoms with Crippen LogP contribution in [0.4, 0.5) is 5.69 Å². The number of carbonyl (C=O) groups excluding carboxylic acids is 1. The third-order valence-corrected chi connectivity index (χ3v) is 6.96. The Balaban J connectivity index is 1.25. The van der Waals surface area contributed by atoms with Gasteiger partial charge in [-0.1, -0.05) is 59.3 Å². The van der Waals surface area contributed by atoms with E-state index >= 15 is 0 Å². The number of nitrogens with zero attached hydrogens (tertiary/aromatic N) is 4. The maximum atomic E-state index is 12.3. The van der Waals surface area contributed by atoms with Crippen molar-refractivity contribution in [1.29, 1.82) is 0 Å². The average Bonchev–Trinajstić information content (AvgIpc) is 3.54. The van der Waals surface area contributed by atoms with Crippen molar-refractivity contribution in [3.8, 4) is 5.95 Å². The quantitative estimate of drug-likeness (QED) is 0.0920. The normalized spacial score (nSPS) is 11.1. The highest BCUT2D eigenvalue weighted by Crippen LogP contribution is 2.23. The highest BCUT2D eigenvalue weighted by atomic mass is 35.5. The van der Waals surface area contributed by atoms with Gasteiger partial charge < -0.3 is 19.0 Å². The van der Waals surface area contributed by atoms with Gasteiger partial charge in [-0.2, -0.15) is 5.10 Å². The summed E-state index contributed by atoms with van der Waals surface area (Å²) in [4.78, 5) is 12.3. The van der Waals surface area contributed by atoms with Crippen molar-refractivity contribution in [3.05, 3.63) is 101 Å². The fourth-order valence-corrected chi connectivity index (χ4v) is 4.56. The zero-order valence-electron chi connectivity index (χ0n) is 21.7. The summed E-state index contributed by atoms with van der Waals surface area (Å²) in [5.41, 5.74) is 6.61. The topological polar surface area (TPSA) is 107 Å². The Hall–Kier alpha value is -4.02. The van der Waals surface area contributed by atoms with Gasteiger partial charge in [0.2, 0.25) is 0 Å². The van der Waals surface area contributed by atoms with Crippen LogP contribution in [0.2, 0.25) is 5.02 Å². The van der Waals surface area contributed by atoms with Crippen molar-refractivity contribution < 1.29 is 13.9 Å². The molecule has 2 aromatic carbocycles. The van der Waals surface area contributed by atoms with E-state index in [2.05, 4.69) is 32.6 Å². The predicted octanol–water partition coefficient (Wildman–Crippen LogP) is 5.76. The summed E-state index contributed by atoms with van der Waals surface area (Å²) < 4.78 is 13.2. The number of benzene rings is 2. The average molecular weight is 565 g/mol. The van der Waals surface area contributed by atoms with Gasteiger partial charge in [0, 0.05) is 28.9 Å². The number of carbonyl (C=O) groups is 1. The molecule has 0 aliphatic rings. The molecule has 11 heteroatoms. The molecule has 2 aromatic heterocycles. The lowest BCUT2D eigenvalue weighted by molar-refractivity contribution is -0.118. The van der Waals surface area contributed by atoms with Crippen LogP contribution in [0.5, 0.6) is 5.95 Å². The van der Waals surface area contributed by atoms with Crippen LogP contribution in [-0.2, 0) is 24.5 Å². The van der Waals surface area contributed by atoms with E-state index in [1.54, 1.807) is 18.2 Å². The number of nitrogens with one attached hydrogen (secondary N) is 2. The van der Waals surface area contributed by atoms with Gasteiger partial charge in [-0.15, -0.1) is 16.8 Å². The Morgan fingerprint density at radius 2 is 2.00 bits per heavy atom. The fraction of sp³-hybridized carbons (Fsp3) is 0.214. The van der Waals surface area contributed by atoms with Crippen molar-refractivity contribution in [1.82, 2.24) is 20.2 Å². The molecule has 0 aliphatic heterocycles. The van der Waals surface area contributed by atoms with E-state index in [1.165, 1.54) is 23.5 Å². The highest BCUT2D eigenvalue weighted by molar-refractivity contribution is 7.99. The molecule has 0 saturated heterocycles. The van der Waals surface area contributed by atoms with E-state index in [-0.39, 0.29) is 18.3 Å². The maximum Gasteiger partial charge on any atom is 0.285 e. The number of aromatic nitrogens is 3. The SMILES string of the molecule is C=CCn1c(CNc2ccc(C)cc2)nnc1SCC(=O)N/N=C/c1ccc(OCc2c(C)cccc2Cl)o1. The van der Waals surface area contributed by atoms with Crippen LogP contribution in [0.15, 0.2) is 81.9 Å². The first kappa shape index (κ1) is 28.0. The smallest absolute Gasteiger partial charge is 0.285 e. The summed E-state index contributed by atoms with van der Waals surface area (Å²) >= 11 is 7.51. The summed E-state index contributed by atoms with van der Waals surface area (Å²) in [6.07, 6.45) is 3.18. The Morgan fingerprint density at radius 1 is 1.18 bits per heavy atom. The van der Waals surface area contributed by atoms with E-state index in [1.807, 2.05) is 60.9 Å². The summed E-state index contributed by atoms with van der Waals surface area (Å²) in [7, 11) is 0. The Kier molecular flexibility index (Phi) is 9.82. The van der Waals surface area contributed by atoms with Crippen molar-refractivity contribution in [2.24, 2.45) is 5.10 Å². The predicted molar refractivity (Wildman–Crippen MR) is 154 cm³/mol. The van der Waals surface area contributed by atoms with Crippen molar-refractivity contribution in [2.45, 2.75) is 38.7 Å². The number of anilines is 1. The molecule has 39 heavy (non-hydrogen) atoms. The third kappa shape index (κ3) is 7.98. The standard InChI is InChI=1S/C28H29ClN6O3S/c1-4-14-35-25(16-30-21-10-8-19(2)9-11-21)32-34-28(35)39-18-26(36)33-31-15-22-12-13-27(38-22)37-17-23-20(3)6-5-7-24(23)29/h4-13,15,30H,1,14,16-18H2,2-3H3,(H,33,36)/b31-15+. The van der Waals surface area contributed by atoms with Crippen molar-refractivity contribution in [3.63, 3.8) is 0 Å². The lowest BCUT2D eigenvalue weighted by Crippen LogP contribution is -2.20. The molecule has 4 rings (SSSR count). The van der Waals surface area contributed by atoms with Gasteiger partial charge in [-0.05, 0) is 43.7 Å². The number of rotatable bonds is 13. The highest BCUT2D eigenvalue weighted by Gasteiger charge is 2.13. The molecule has 0 bridgehead atoms. The number of halogens is 1. The van der Waals surface area contributed by atoms with Crippen LogP contribution in [0.1, 0.15) is 28.3 Å².